The number of carbonyl (C=O) groups excluding carboxylic acids is 2. The topological polar surface area (TPSA) is 75.2 Å². The first-order valence-electron chi connectivity index (χ1n) is 12.6. The molecule has 2 aliphatic carbocycles. The van der Waals surface area contributed by atoms with Crippen LogP contribution in [0.2, 0.25) is 0 Å². The van der Waals surface area contributed by atoms with Crippen LogP contribution in [0.25, 0.3) is 0 Å². The van der Waals surface area contributed by atoms with E-state index in [9.17, 15) is 9.59 Å². The Morgan fingerprint density at radius 1 is 1.06 bits per heavy atom. The van der Waals surface area contributed by atoms with Gasteiger partial charge in [0, 0.05) is 48.3 Å². The fourth-order valence-electron chi connectivity index (χ4n) is 5.65. The summed E-state index contributed by atoms with van der Waals surface area (Å²) in [6.07, 6.45) is 13.1. The number of aryl methyl sites for hydroxylation is 1. The van der Waals surface area contributed by atoms with Crippen molar-refractivity contribution >= 4 is 11.8 Å². The maximum absolute atomic E-state index is 12.7. The van der Waals surface area contributed by atoms with Gasteiger partial charge in [-0.2, -0.15) is 0 Å². The number of amides is 2. The number of nitrogens with one attached hydrogen (secondary N) is 1. The average molecular weight is 427 g/mol. The third-order valence-corrected chi connectivity index (χ3v) is 7.75. The van der Waals surface area contributed by atoms with Crippen LogP contribution < -0.4 is 5.32 Å². The van der Waals surface area contributed by atoms with Gasteiger partial charge in [0.15, 0.2) is 0 Å². The first-order valence-corrected chi connectivity index (χ1v) is 12.6. The highest BCUT2D eigenvalue weighted by Gasteiger charge is 2.32. The summed E-state index contributed by atoms with van der Waals surface area (Å²) in [6, 6.07) is 0.0387. The van der Waals surface area contributed by atoms with Gasteiger partial charge in [-0.15, -0.1) is 0 Å². The highest BCUT2D eigenvalue weighted by atomic mass is 16.2. The molecule has 0 spiro atoms. The Balaban J connectivity index is 1.38. The summed E-state index contributed by atoms with van der Waals surface area (Å²) in [4.78, 5) is 37.1. The number of aromatic nitrogens is 2. The summed E-state index contributed by atoms with van der Waals surface area (Å²) in [5.74, 6) is 2.15. The molecule has 1 saturated heterocycles. The molecule has 2 amide bonds. The number of hydrogen-bond donors (Lipinski definition) is 1. The molecule has 1 aliphatic heterocycles. The van der Waals surface area contributed by atoms with Crippen LogP contribution in [0, 0.1) is 11.8 Å². The van der Waals surface area contributed by atoms with E-state index in [0.29, 0.717) is 11.8 Å². The maximum Gasteiger partial charge on any atom is 0.225 e. The molecule has 0 aromatic carbocycles. The van der Waals surface area contributed by atoms with Crippen LogP contribution in [-0.4, -0.2) is 39.8 Å². The van der Waals surface area contributed by atoms with Crippen LogP contribution in [-0.2, 0) is 16.0 Å². The minimum absolute atomic E-state index is 0.0387. The third kappa shape index (κ3) is 4.93. The molecule has 6 heteroatoms. The molecule has 3 aliphatic rings. The molecule has 1 unspecified atom stereocenters. The van der Waals surface area contributed by atoms with Crippen LogP contribution in [0.4, 0.5) is 0 Å². The largest absolute Gasteiger partial charge is 0.349 e. The number of carbonyl (C=O) groups is 2. The van der Waals surface area contributed by atoms with Crippen LogP contribution in [0.15, 0.2) is 6.20 Å². The first-order chi connectivity index (χ1) is 15.1. The molecule has 31 heavy (non-hydrogen) atoms. The van der Waals surface area contributed by atoms with E-state index in [1.807, 2.05) is 6.20 Å². The molecule has 1 atom stereocenters. The second kappa shape index (κ2) is 10.1. The molecule has 0 radical (unpaired) electrons. The van der Waals surface area contributed by atoms with Gasteiger partial charge in [-0.1, -0.05) is 26.7 Å². The normalized spacial score (nSPS) is 22.5. The first kappa shape index (κ1) is 22.2. The summed E-state index contributed by atoms with van der Waals surface area (Å²) in [5, 5.41) is 3.26. The molecular formula is C25H38N4O2. The third-order valence-electron chi connectivity index (χ3n) is 7.75. The zero-order chi connectivity index (χ0) is 21.8. The van der Waals surface area contributed by atoms with Gasteiger partial charge in [-0.3, -0.25) is 9.59 Å². The van der Waals surface area contributed by atoms with E-state index < -0.39 is 0 Å². The smallest absolute Gasteiger partial charge is 0.225 e. The summed E-state index contributed by atoms with van der Waals surface area (Å²) in [6.45, 7) is 5.80. The van der Waals surface area contributed by atoms with Gasteiger partial charge >= 0.3 is 0 Å². The van der Waals surface area contributed by atoms with Gasteiger partial charge in [0.1, 0.15) is 5.82 Å². The van der Waals surface area contributed by atoms with E-state index in [2.05, 4.69) is 24.1 Å². The minimum Gasteiger partial charge on any atom is -0.349 e. The molecule has 170 valence electrons. The monoisotopic (exact) mass is 426 g/mol. The van der Waals surface area contributed by atoms with E-state index in [-0.39, 0.29) is 23.8 Å². The molecule has 1 saturated carbocycles. The number of likely N-dealkylation sites (tertiary alicyclic amines) is 1. The molecule has 0 bridgehead atoms. The van der Waals surface area contributed by atoms with Crippen molar-refractivity contribution in [3.05, 3.63) is 23.3 Å². The lowest BCUT2D eigenvalue weighted by molar-refractivity contribution is -0.136. The van der Waals surface area contributed by atoms with Crippen molar-refractivity contribution in [2.24, 2.45) is 11.8 Å². The van der Waals surface area contributed by atoms with Gasteiger partial charge in [0.05, 0.1) is 6.04 Å². The van der Waals surface area contributed by atoms with Crippen molar-refractivity contribution in [2.45, 2.75) is 96.4 Å². The van der Waals surface area contributed by atoms with Gasteiger partial charge in [0.25, 0.3) is 0 Å². The quantitative estimate of drug-likeness (QED) is 0.736. The highest BCUT2D eigenvalue weighted by molar-refractivity contribution is 5.79. The Kier molecular flexibility index (Phi) is 7.24. The van der Waals surface area contributed by atoms with E-state index in [4.69, 9.17) is 9.97 Å². The fourth-order valence-corrected chi connectivity index (χ4v) is 5.65. The Labute approximate surface area is 186 Å². The van der Waals surface area contributed by atoms with Gasteiger partial charge in [-0.25, -0.2) is 9.97 Å². The van der Waals surface area contributed by atoms with E-state index in [0.717, 1.165) is 88.0 Å². The van der Waals surface area contributed by atoms with Crippen molar-refractivity contribution in [1.82, 2.24) is 20.2 Å². The molecule has 2 fully saturated rings. The van der Waals surface area contributed by atoms with Crippen LogP contribution >= 0.6 is 0 Å². The van der Waals surface area contributed by atoms with Crippen LogP contribution in [0.1, 0.15) is 107 Å². The second-order valence-corrected chi connectivity index (χ2v) is 9.68. The molecule has 6 nitrogen and oxygen atoms in total. The summed E-state index contributed by atoms with van der Waals surface area (Å²) in [5.41, 5.74) is 2.21. The Morgan fingerprint density at radius 2 is 1.77 bits per heavy atom. The van der Waals surface area contributed by atoms with Crippen LogP contribution in [0.5, 0.6) is 0 Å². The molecule has 1 aromatic heterocycles. The standard InChI is InChI=1S/C25H38N4O2/c1-3-17(4-2)24(30)28-22-11-7-10-21-20(22)16-26-23(27-21)18-12-14-29(15-13-18)25(31)19-8-5-6-9-19/h16-19,22H,3-15H2,1-2H3,(H,28,30). The summed E-state index contributed by atoms with van der Waals surface area (Å²) in [7, 11) is 0. The van der Waals surface area contributed by atoms with E-state index in [1.54, 1.807) is 0 Å². The van der Waals surface area contributed by atoms with Gasteiger partial charge in [0.2, 0.25) is 11.8 Å². The van der Waals surface area contributed by atoms with Crippen LogP contribution in [0.3, 0.4) is 0 Å². The zero-order valence-corrected chi connectivity index (χ0v) is 19.2. The highest BCUT2D eigenvalue weighted by Crippen LogP contribution is 2.33. The zero-order valence-electron chi connectivity index (χ0n) is 19.2. The predicted octanol–water partition coefficient (Wildman–Crippen LogP) is 4.30. The van der Waals surface area contributed by atoms with Crippen molar-refractivity contribution < 1.29 is 9.59 Å². The van der Waals surface area contributed by atoms with Crippen molar-refractivity contribution in [1.29, 1.82) is 0 Å². The molecule has 4 rings (SSSR count). The number of rotatable bonds is 6. The summed E-state index contributed by atoms with van der Waals surface area (Å²) >= 11 is 0. The Hall–Kier alpha value is -1.98. The average Bonchev–Trinajstić information content (AvgIpc) is 3.34. The maximum atomic E-state index is 12.7. The van der Waals surface area contributed by atoms with E-state index >= 15 is 0 Å². The Bertz CT molecular complexity index is 778. The second-order valence-electron chi connectivity index (χ2n) is 9.68. The molecule has 1 aromatic rings. The van der Waals surface area contributed by atoms with Crippen molar-refractivity contribution in [2.75, 3.05) is 13.1 Å². The number of piperidine rings is 1. The predicted molar refractivity (Wildman–Crippen MR) is 120 cm³/mol. The number of nitrogens with zero attached hydrogens (tertiary/aromatic N) is 3. The molecule has 2 heterocycles. The van der Waals surface area contributed by atoms with Crippen molar-refractivity contribution in [3.63, 3.8) is 0 Å². The van der Waals surface area contributed by atoms with Gasteiger partial charge in [-0.05, 0) is 57.8 Å². The lowest BCUT2D eigenvalue weighted by atomic mass is 9.90. The number of hydrogen-bond acceptors (Lipinski definition) is 4. The summed E-state index contributed by atoms with van der Waals surface area (Å²) < 4.78 is 0. The van der Waals surface area contributed by atoms with E-state index in [1.165, 1.54) is 12.8 Å². The Morgan fingerprint density at radius 3 is 2.45 bits per heavy atom. The lowest BCUT2D eigenvalue weighted by Gasteiger charge is -2.33. The number of fused-ring (bicyclic) bond motifs is 1. The SMILES string of the molecule is CCC(CC)C(=O)NC1CCCc2nc(C3CCN(C(=O)C4CCCC4)CC3)ncc21. The van der Waals surface area contributed by atoms with Gasteiger partial charge < -0.3 is 10.2 Å². The lowest BCUT2D eigenvalue weighted by Crippen LogP contribution is -2.41. The fraction of sp³-hybridized carbons (Fsp3) is 0.760. The molecule has 1 N–H and O–H groups in total. The molecular weight excluding hydrogens is 388 g/mol. The minimum atomic E-state index is 0.0387. The van der Waals surface area contributed by atoms with Crippen molar-refractivity contribution in [3.8, 4) is 0 Å².